The summed E-state index contributed by atoms with van der Waals surface area (Å²) in [5.74, 6) is -0.723. The standard InChI is InChI=1S/C16H12BrFN4OS/c17-10-1-5-12(6-2-10)19-9-14-21-22-16(24-14)15(23)20-13-7-3-11(18)4-8-13/h1-8,19H,9H2,(H,20,23). The van der Waals surface area contributed by atoms with Gasteiger partial charge in [0.05, 0.1) is 6.54 Å². The molecule has 0 spiro atoms. The van der Waals surface area contributed by atoms with E-state index in [9.17, 15) is 9.18 Å². The van der Waals surface area contributed by atoms with Gasteiger partial charge in [-0.05, 0) is 48.5 Å². The molecular weight excluding hydrogens is 395 g/mol. The predicted molar refractivity (Wildman–Crippen MR) is 95.7 cm³/mol. The molecule has 3 aromatic rings. The molecule has 3 rings (SSSR count). The maximum Gasteiger partial charge on any atom is 0.286 e. The van der Waals surface area contributed by atoms with E-state index in [4.69, 9.17) is 0 Å². The quantitative estimate of drug-likeness (QED) is 0.662. The highest BCUT2D eigenvalue weighted by Crippen LogP contribution is 2.17. The Kier molecular flexibility index (Phi) is 5.17. The second kappa shape index (κ2) is 7.50. The van der Waals surface area contributed by atoms with Crippen LogP contribution in [0.1, 0.15) is 14.8 Å². The number of carbonyl (C=O) groups excluding carboxylic acids is 1. The molecular formula is C16H12BrFN4OS. The van der Waals surface area contributed by atoms with Gasteiger partial charge in [0.2, 0.25) is 5.01 Å². The zero-order chi connectivity index (χ0) is 16.9. The Balaban J connectivity index is 1.59. The van der Waals surface area contributed by atoms with E-state index in [1.165, 1.54) is 35.6 Å². The van der Waals surface area contributed by atoms with Crippen LogP contribution in [0, 0.1) is 5.82 Å². The summed E-state index contributed by atoms with van der Waals surface area (Å²) in [4.78, 5) is 12.1. The number of rotatable bonds is 5. The van der Waals surface area contributed by atoms with Gasteiger partial charge in [0.25, 0.3) is 5.91 Å². The predicted octanol–water partition coefficient (Wildman–Crippen LogP) is 4.30. The van der Waals surface area contributed by atoms with E-state index in [1.807, 2.05) is 24.3 Å². The first kappa shape index (κ1) is 16.5. The lowest BCUT2D eigenvalue weighted by molar-refractivity contribution is 0.102. The number of carbonyl (C=O) groups is 1. The third-order valence-corrected chi connectivity index (χ3v) is 4.50. The van der Waals surface area contributed by atoms with Gasteiger partial charge in [-0.1, -0.05) is 27.3 Å². The Bertz CT molecular complexity index is 836. The van der Waals surface area contributed by atoms with E-state index in [-0.39, 0.29) is 16.7 Å². The zero-order valence-electron chi connectivity index (χ0n) is 12.3. The zero-order valence-corrected chi connectivity index (χ0v) is 14.7. The van der Waals surface area contributed by atoms with Crippen LogP contribution in [-0.2, 0) is 6.54 Å². The van der Waals surface area contributed by atoms with Gasteiger partial charge in [-0.2, -0.15) is 0 Å². The lowest BCUT2D eigenvalue weighted by Gasteiger charge is -2.03. The summed E-state index contributed by atoms with van der Waals surface area (Å²) >= 11 is 4.58. The first-order valence-corrected chi connectivity index (χ1v) is 8.60. The maximum absolute atomic E-state index is 12.9. The molecule has 0 unspecified atom stereocenters. The van der Waals surface area contributed by atoms with Crippen LogP contribution in [0.2, 0.25) is 0 Å². The molecule has 1 heterocycles. The molecule has 0 aliphatic carbocycles. The van der Waals surface area contributed by atoms with E-state index >= 15 is 0 Å². The molecule has 0 fully saturated rings. The molecule has 0 bridgehead atoms. The van der Waals surface area contributed by atoms with Gasteiger partial charge >= 0.3 is 0 Å². The van der Waals surface area contributed by atoms with E-state index < -0.39 is 0 Å². The Morgan fingerprint density at radius 2 is 1.71 bits per heavy atom. The molecule has 0 saturated carbocycles. The van der Waals surface area contributed by atoms with Crippen molar-refractivity contribution in [1.82, 2.24) is 10.2 Å². The molecule has 2 N–H and O–H groups in total. The molecule has 5 nitrogen and oxygen atoms in total. The molecule has 0 atom stereocenters. The molecule has 1 aromatic heterocycles. The maximum atomic E-state index is 12.9. The van der Waals surface area contributed by atoms with Gasteiger partial charge in [0, 0.05) is 15.8 Å². The lowest BCUT2D eigenvalue weighted by Crippen LogP contribution is -2.11. The number of anilines is 2. The fourth-order valence-corrected chi connectivity index (χ4v) is 2.82. The molecule has 1 amide bonds. The number of halogens is 2. The third kappa shape index (κ3) is 4.36. The molecule has 122 valence electrons. The van der Waals surface area contributed by atoms with Crippen molar-refractivity contribution < 1.29 is 9.18 Å². The monoisotopic (exact) mass is 406 g/mol. The lowest BCUT2D eigenvalue weighted by atomic mass is 10.3. The van der Waals surface area contributed by atoms with Crippen LogP contribution in [0.25, 0.3) is 0 Å². The number of nitrogens with zero attached hydrogens (tertiary/aromatic N) is 2. The van der Waals surface area contributed by atoms with Crippen LogP contribution >= 0.6 is 27.3 Å². The van der Waals surface area contributed by atoms with E-state index in [2.05, 4.69) is 36.8 Å². The number of hydrogen-bond donors (Lipinski definition) is 2. The smallest absolute Gasteiger partial charge is 0.286 e. The van der Waals surface area contributed by atoms with Crippen molar-refractivity contribution in [2.24, 2.45) is 0 Å². The van der Waals surface area contributed by atoms with E-state index in [0.717, 1.165) is 10.2 Å². The minimum Gasteiger partial charge on any atom is -0.378 e. The second-order valence-corrected chi connectivity index (χ2v) is 6.80. The summed E-state index contributed by atoms with van der Waals surface area (Å²) in [7, 11) is 0. The highest BCUT2D eigenvalue weighted by atomic mass is 79.9. The van der Waals surface area contributed by atoms with E-state index in [1.54, 1.807) is 0 Å². The summed E-state index contributed by atoms with van der Waals surface area (Å²) in [5.41, 5.74) is 1.46. The van der Waals surface area contributed by atoms with Crippen molar-refractivity contribution in [3.8, 4) is 0 Å². The van der Waals surface area contributed by atoms with Crippen LogP contribution in [0.5, 0.6) is 0 Å². The van der Waals surface area contributed by atoms with Gasteiger partial charge < -0.3 is 10.6 Å². The fourth-order valence-electron chi connectivity index (χ4n) is 1.88. The SMILES string of the molecule is O=C(Nc1ccc(F)cc1)c1nnc(CNc2ccc(Br)cc2)s1. The second-order valence-electron chi connectivity index (χ2n) is 4.82. The van der Waals surface area contributed by atoms with Crippen LogP contribution in [-0.4, -0.2) is 16.1 Å². The van der Waals surface area contributed by atoms with Crippen molar-refractivity contribution in [2.75, 3.05) is 10.6 Å². The average Bonchev–Trinajstić information content (AvgIpc) is 3.06. The highest BCUT2D eigenvalue weighted by Gasteiger charge is 2.13. The Labute approximate surface area is 150 Å². The first-order valence-electron chi connectivity index (χ1n) is 6.99. The van der Waals surface area contributed by atoms with Crippen LogP contribution < -0.4 is 10.6 Å². The highest BCUT2D eigenvalue weighted by molar-refractivity contribution is 9.10. The largest absolute Gasteiger partial charge is 0.378 e. The van der Waals surface area contributed by atoms with Gasteiger partial charge in [-0.25, -0.2) is 4.39 Å². The third-order valence-electron chi connectivity index (χ3n) is 3.05. The Morgan fingerprint density at radius 1 is 1.04 bits per heavy atom. The molecule has 2 aromatic carbocycles. The Morgan fingerprint density at radius 3 is 2.42 bits per heavy atom. The van der Waals surface area contributed by atoms with E-state index in [0.29, 0.717) is 17.2 Å². The number of hydrogen-bond acceptors (Lipinski definition) is 5. The van der Waals surface area contributed by atoms with Crippen LogP contribution in [0.15, 0.2) is 53.0 Å². The Hall–Kier alpha value is -2.32. The van der Waals surface area contributed by atoms with Crippen LogP contribution in [0.3, 0.4) is 0 Å². The van der Waals surface area contributed by atoms with Gasteiger partial charge in [0.15, 0.2) is 0 Å². The fraction of sp³-hybridized carbons (Fsp3) is 0.0625. The van der Waals surface area contributed by atoms with Gasteiger partial charge in [-0.3, -0.25) is 4.79 Å². The first-order chi connectivity index (χ1) is 11.6. The summed E-state index contributed by atoms with van der Waals surface area (Å²) < 4.78 is 13.9. The summed E-state index contributed by atoms with van der Waals surface area (Å²) in [5, 5.41) is 14.7. The average molecular weight is 407 g/mol. The summed E-state index contributed by atoms with van der Waals surface area (Å²) in [6, 6.07) is 13.3. The normalized spacial score (nSPS) is 10.4. The van der Waals surface area contributed by atoms with Crippen molar-refractivity contribution in [2.45, 2.75) is 6.54 Å². The van der Waals surface area contributed by atoms with Crippen molar-refractivity contribution in [3.63, 3.8) is 0 Å². The topological polar surface area (TPSA) is 66.9 Å². The summed E-state index contributed by atoms with van der Waals surface area (Å²) in [6.07, 6.45) is 0. The molecule has 0 aliphatic heterocycles. The molecule has 0 aliphatic rings. The molecule has 8 heteroatoms. The molecule has 0 radical (unpaired) electrons. The van der Waals surface area contributed by atoms with Crippen molar-refractivity contribution in [3.05, 3.63) is 68.8 Å². The number of amides is 1. The summed E-state index contributed by atoms with van der Waals surface area (Å²) in [6.45, 7) is 0.475. The molecule has 24 heavy (non-hydrogen) atoms. The minimum atomic E-state index is -0.367. The number of nitrogens with one attached hydrogen (secondary N) is 2. The van der Waals surface area contributed by atoms with Gasteiger partial charge in [0.1, 0.15) is 10.8 Å². The minimum absolute atomic E-state index is 0.256. The number of benzene rings is 2. The molecule has 0 saturated heterocycles. The van der Waals surface area contributed by atoms with Gasteiger partial charge in [-0.15, -0.1) is 10.2 Å². The van der Waals surface area contributed by atoms with Crippen molar-refractivity contribution in [1.29, 1.82) is 0 Å². The van der Waals surface area contributed by atoms with Crippen molar-refractivity contribution >= 4 is 44.5 Å². The number of aromatic nitrogens is 2. The van der Waals surface area contributed by atoms with Crippen LogP contribution in [0.4, 0.5) is 15.8 Å².